The minimum atomic E-state index is -0.0731. The van der Waals surface area contributed by atoms with Gasteiger partial charge in [-0.2, -0.15) is 0 Å². The first-order valence-corrected chi connectivity index (χ1v) is 10.7. The second-order valence-electron chi connectivity index (χ2n) is 6.63. The molecule has 3 rings (SSSR count). The van der Waals surface area contributed by atoms with Gasteiger partial charge < -0.3 is 14.6 Å². The number of carbonyl (C=O) groups is 1. The van der Waals surface area contributed by atoms with Crippen LogP contribution in [0, 0.1) is 0 Å². The van der Waals surface area contributed by atoms with E-state index in [0.717, 1.165) is 24.3 Å². The topological polar surface area (TPSA) is 69.0 Å². The van der Waals surface area contributed by atoms with Gasteiger partial charge in [-0.1, -0.05) is 49.9 Å². The summed E-state index contributed by atoms with van der Waals surface area (Å²) in [6.07, 6.45) is 1.98. The van der Waals surface area contributed by atoms with E-state index in [0.29, 0.717) is 17.6 Å². The number of anilines is 1. The van der Waals surface area contributed by atoms with Crippen LogP contribution in [0.2, 0.25) is 0 Å². The Labute approximate surface area is 175 Å². The largest absolute Gasteiger partial charge is 0.486 e. The molecule has 0 bridgehead atoms. The SMILES string of the molecule is CCc1ccc(NC(=O)CSc2nnc(COc3ccc(CC)cc3)n2C)cc1. The second kappa shape index (κ2) is 10.1. The number of amides is 1. The molecule has 0 aliphatic carbocycles. The molecule has 6 nitrogen and oxygen atoms in total. The van der Waals surface area contributed by atoms with Crippen molar-refractivity contribution in [2.45, 2.75) is 38.5 Å². The third-order valence-corrected chi connectivity index (χ3v) is 5.62. The molecule has 0 spiro atoms. The number of aromatic nitrogens is 3. The zero-order valence-electron chi connectivity index (χ0n) is 17.0. The lowest BCUT2D eigenvalue weighted by Crippen LogP contribution is -2.14. The molecule has 3 aromatic rings. The molecule has 29 heavy (non-hydrogen) atoms. The van der Waals surface area contributed by atoms with Crippen LogP contribution in [0.15, 0.2) is 53.7 Å². The van der Waals surface area contributed by atoms with Gasteiger partial charge in [-0.25, -0.2) is 0 Å². The Bertz CT molecular complexity index is 936. The van der Waals surface area contributed by atoms with Gasteiger partial charge in [-0.3, -0.25) is 4.79 Å². The Kier molecular flexibility index (Phi) is 7.30. The van der Waals surface area contributed by atoms with Crippen LogP contribution >= 0.6 is 11.8 Å². The van der Waals surface area contributed by atoms with Crippen molar-refractivity contribution in [2.24, 2.45) is 7.05 Å². The average Bonchev–Trinajstić information content (AvgIpc) is 3.11. The van der Waals surface area contributed by atoms with Crippen molar-refractivity contribution in [3.8, 4) is 5.75 Å². The van der Waals surface area contributed by atoms with Crippen LogP contribution in [0.5, 0.6) is 5.75 Å². The van der Waals surface area contributed by atoms with Crippen molar-refractivity contribution in [3.05, 3.63) is 65.5 Å². The highest BCUT2D eigenvalue weighted by Gasteiger charge is 2.12. The van der Waals surface area contributed by atoms with Gasteiger partial charge in [-0.05, 0) is 48.2 Å². The van der Waals surface area contributed by atoms with Crippen molar-refractivity contribution in [1.82, 2.24) is 14.8 Å². The van der Waals surface area contributed by atoms with E-state index in [1.807, 2.05) is 48.0 Å². The Morgan fingerprint density at radius 2 is 1.62 bits per heavy atom. The summed E-state index contributed by atoms with van der Waals surface area (Å²) in [6, 6.07) is 15.9. The Morgan fingerprint density at radius 3 is 2.24 bits per heavy atom. The molecule has 152 valence electrons. The molecule has 7 heteroatoms. The number of carbonyl (C=O) groups excluding carboxylic acids is 1. The zero-order valence-corrected chi connectivity index (χ0v) is 17.8. The maximum absolute atomic E-state index is 12.2. The quantitative estimate of drug-likeness (QED) is 0.534. The van der Waals surface area contributed by atoms with Gasteiger partial charge >= 0.3 is 0 Å². The summed E-state index contributed by atoms with van der Waals surface area (Å²) in [7, 11) is 1.88. The molecule has 1 heterocycles. The number of nitrogens with one attached hydrogen (secondary N) is 1. The van der Waals surface area contributed by atoms with Gasteiger partial charge in [0, 0.05) is 12.7 Å². The van der Waals surface area contributed by atoms with Crippen molar-refractivity contribution < 1.29 is 9.53 Å². The highest BCUT2D eigenvalue weighted by atomic mass is 32.2. The first-order valence-electron chi connectivity index (χ1n) is 9.70. The highest BCUT2D eigenvalue weighted by Crippen LogP contribution is 2.19. The Morgan fingerprint density at radius 1 is 1.00 bits per heavy atom. The van der Waals surface area contributed by atoms with E-state index in [2.05, 4.69) is 41.5 Å². The molecule has 2 aromatic carbocycles. The van der Waals surface area contributed by atoms with Crippen molar-refractivity contribution in [1.29, 1.82) is 0 Å². The fourth-order valence-electron chi connectivity index (χ4n) is 2.72. The molecule has 0 fully saturated rings. The van der Waals surface area contributed by atoms with Gasteiger partial charge in [-0.15, -0.1) is 10.2 Å². The third-order valence-electron chi connectivity index (χ3n) is 4.60. The smallest absolute Gasteiger partial charge is 0.234 e. The van der Waals surface area contributed by atoms with E-state index >= 15 is 0 Å². The van der Waals surface area contributed by atoms with Crippen LogP contribution < -0.4 is 10.1 Å². The molecule has 0 unspecified atom stereocenters. The van der Waals surface area contributed by atoms with E-state index in [9.17, 15) is 4.79 Å². The fourth-order valence-corrected chi connectivity index (χ4v) is 3.45. The standard InChI is InChI=1S/C22H26N4O2S/c1-4-16-6-10-18(11-7-16)23-21(27)15-29-22-25-24-20(26(22)3)14-28-19-12-8-17(5-2)9-13-19/h6-13H,4-5,14-15H2,1-3H3,(H,23,27). The number of ether oxygens (including phenoxy) is 1. The van der Waals surface area contributed by atoms with Gasteiger partial charge in [0.1, 0.15) is 12.4 Å². The first kappa shape index (κ1) is 20.9. The number of thioether (sulfide) groups is 1. The lowest BCUT2D eigenvalue weighted by Gasteiger charge is -2.08. The van der Waals surface area contributed by atoms with Gasteiger partial charge in [0.15, 0.2) is 11.0 Å². The molecular formula is C22H26N4O2S. The Balaban J connectivity index is 1.49. The molecule has 0 saturated carbocycles. The number of benzene rings is 2. The number of hydrogen-bond donors (Lipinski definition) is 1. The van der Waals surface area contributed by atoms with E-state index < -0.39 is 0 Å². The Hall–Kier alpha value is -2.80. The maximum Gasteiger partial charge on any atom is 0.234 e. The van der Waals surface area contributed by atoms with Gasteiger partial charge in [0.25, 0.3) is 0 Å². The van der Waals surface area contributed by atoms with Gasteiger partial charge in [0.2, 0.25) is 5.91 Å². The number of rotatable bonds is 9. The summed E-state index contributed by atoms with van der Waals surface area (Å²) >= 11 is 1.35. The molecule has 1 N–H and O–H groups in total. The highest BCUT2D eigenvalue weighted by molar-refractivity contribution is 7.99. The summed E-state index contributed by atoms with van der Waals surface area (Å²) in [4.78, 5) is 12.2. The van der Waals surface area contributed by atoms with Crippen molar-refractivity contribution >= 4 is 23.4 Å². The minimum absolute atomic E-state index is 0.0731. The summed E-state index contributed by atoms with van der Waals surface area (Å²) in [5.41, 5.74) is 3.32. The minimum Gasteiger partial charge on any atom is -0.486 e. The lowest BCUT2D eigenvalue weighted by atomic mass is 10.1. The van der Waals surface area contributed by atoms with E-state index in [4.69, 9.17) is 4.74 Å². The van der Waals surface area contributed by atoms with Crippen LogP contribution in [0.1, 0.15) is 30.8 Å². The summed E-state index contributed by atoms with van der Waals surface area (Å²) in [5, 5.41) is 11.9. The molecule has 1 amide bonds. The lowest BCUT2D eigenvalue weighted by molar-refractivity contribution is -0.113. The predicted molar refractivity (Wildman–Crippen MR) is 116 cm³/mol. The molecule has 0 atom stereocenters. The number of nitrogens with zero attached hydrogens (tertiary/aromatic N) is 3. The maximum atomic E-state index is 12.2. The summed E-state index contributed by atoms with van der Waals surface area (Å²) in [6.45, 7) is 4.55. The molecular weight excluding hydrogens is 384 g/mol. The second-order valence-corrected chi connectivity index (χ2v) is 7.57. The molecule has 1 aromatic heterocycles. The van der Waals surface area contributed by atoms with Crippen molar-refractivity contribution in [3.63, 3.8) is 0 Å². The summed E-state index contributed by atoms with van der Waals surface area (Å²) in [5.74, 6) is 1.70. The van der Waals surface area contributed by atoms with E-state index in [1.165, 1.54) is 22.9 Å². The molecule has 0 radical (unpaired) electrons. The number of hydrogen-bond acceptors (Lipinski definition) is 5. The third kappa shape index (κ3) is 5.84. The van der Waals surface area contributed by atoms with Gasteiger partial charge in [0.05, 0.1) is 5.75 Å². The van der Waals surface area contributed by atoms with Crippen LogP contribution in [-0.4, -0.2) is 26.4 Å². The molecule has 0 aliphatic heterocycles. The van der Waals surface area contributed by atoms with E-state index in [-0.39, 0.29) is 11.7 Å². The van der Waals surface area contributed by atoms with E-state index in [1.54, 1.807) is 0 Å². The van der Waals surface area contributed by atoms with Crippen LogP contribution in [0.25, 0.3) is 0 Å². The number of aryl methyl sites for hydroxylation is 2. The fraction of sp³-hybridized carbons (Fsp3) is 0.318. The predicted octanol–water partition coefficient (Wildman–Crippen LogP) is 4.25. The first-order chi connectivity index (χ1) is 14.1. The normalized spacial score (nSPS) is 10.7. The van der Waals surface area contributed by atoms with Crippen LogP contribution in [0.4, 0.5) is 5.69 Å². The molecule has 0 aliphatic rings. The molecule has 0 saturated heterocycles. The van der Waals surface area contributed by atoms with Crippen molar-refractivity contribution in [2.75, 3.05) is 11.1 Å². The monoisotopic (exact) mass is 410 g/mol. The van der Waals surface area contributed by atoms with Crippen LogP contribution in [0.3, 0.4) is 0 Å². The summed E-state index contributed by atoms with van der Waals surface area (Å²) < 4.78 is 7.65. The zero-order chi connectivity index (χ0) is 20.6. The van der Waals surface area contributed by atoms with Crippen LogP contribution in [-0.2, 0) is 31.3 Å². The average molecular weight is 411 g/mol.